The molecule has 0 radical (unpaired) electrons. The summed E-state index contributed by atoms with van der Waals surface area (Å²) >= 11 is 1.15. The number of thioether (sulfide) groups is 1. The van der Waals surface area contributed by atoms with E-state index in [0.717, 1.165) is 11.8 Å². The lowest BCUT2D eigenvalue weighted by atomic mass is 10.1. The zero-order chi connectivity index (χ0) is 13.0. The number of nitro benzene ring substituents is 1. The largest absolute Gasteiger partial charge is 0.440 e. The van der Waals surface area contributed by atoms with Crippen molar-refractivity contribution in [2.45, 2.75) is 5.22 Å². The fourth-order valence-electron chi connectivity index (χ4n) is 1.29. The number of benzene rings is 1. The van der Waals surface area contributed by atoms with Crippen molar-refractivity contribution in [2.24, 2.45) is 0 Å². The van der Waals surface area contributed by atoms with Crippen molar-refractivity contribution in [2.75, 3.05) is 5.75 Å². The minimum absolute atomic E-state index is 0.0954. The normalized spacial score (nSPS) is 10.2. The molecule has 2 rings (SSSR count). The maximum atomic E-state index is 11.8. The van der Waals surface area contributed by atoms with Crippen LogP contribution in [0.15, 0.2) is 46.4 Å². The number of oxazole rings is 1. The molecule has 2 aromatic rings. The summed E-state index contributed by atoms with van der Waals surface area (Å²) in [5.41, 5.74) is 0.213. The lowest BCUT2D eigenvalue weighted by Crippen LogP contribution is -2.03. The van der Waals surface area contributed by atoms with Gasteiger partial charge < -0.3 is 4.42 Å². The average molecular weight is 264 g/mol. The van der Waals surface area contributed by atoms with Gasteiger partial charge >= 0.3 is 0 Å². The summed E-state index contributed by atoms with van der Waals surface area (Å²) in [6.07, 6.45) is 2.90. The summed E-state index contributed by atoms with van der Waals surface area (Å²) in [7, 11) is 0. The van der Waals surface area contributed by atoms with Gasteiger partial charge in [0.05, 0.1) is 16.9 Å². The smallest absolute Gasteiger partial charge is 0.270 e. The van der Waals surface area contributed by atoms with Gasteiger partial charge in [0.2, 0.25) is 0 Å². The molecule has 0 aliphatic rings. The van der Waals surface area contributed by atoms with Crippen LogP contribution in [0.4, 0.5) is 5.69 Å². The highest BCUT2D eigenvalue weighted by Gasteiger charge is 2.12. The number of aromatic nitrogens is 1. The maximum absolute atomic E-state index is 11.8. The third-order valence-electron chi connectivity index (χ3n) is 2.12. The SMILES string of the molecule is O=C(CSc1ncco1)c1cccc([N+](=O)[O-])c1. The molecule has 1 heterocycles. The fraction of sp³-hybridized carbons (Fsp3) is 0.0909. The van der Waals surface area contributed by atoms with Crippen LogP contribution in [0, 0.1) is 10.1 Å². The number of carbonyl (C=O) groups is 1. The molecule has 6 nitrogen and oxygen atoms in total. The lowest BCUT2D eigenvalue weighted by molar-refractivity contribution is -0.384. The molecule has 7 heteroatoms. The van der Waals surface area contributed by atoms with Crippen LogP contribution in [0.5, 0.6) is 0 Å². The molecule has 0 aliphatic carbocycles. The number of nitrogens with zero attached hydrogens (tertiary/aromatic N) is 2. The summed E-state index contributed by atoms with van der Waals surface area (Å²) in [6, 6.07) is 5.64. The van der Waals surface area contributed by atoms with Crippen LogP contribution >= 0.6 is 11.8 Å². The summed E-state index contributed by atoms with van der Waals surface area (Å²) < 4.78 is 4.97. The zero-order valence-electron chi connectivity index (χ0n) is 9.11. The Morgan fingerprint density at radius 3 is 3.00 bits per heavy atom. The van der Waals surface area contributed by atoms with E-state index in [1.807, 2.05) is 0 Å². The lowest BCUT2D eigenvalue weighted by Gasteiger charge is -1.99. The quantitative estimate of drug-likeness (QED) is 0.357. The van der Waals surface area contributed by atoms with Crippen molar-refractivity contribution in [3.63, 3.8) is 0 Å². The van der Waals surface area contributed by atoms with E-state index in [4.69, 9.17) is 4.42 Å². The van der Waals surface area contributed by atoms with E-state index >= 15 is 0 Å². The highest BCUT2D eigenvalue weighted by Crippen LogP contribution is 2.19. The van der Waals surface area contributed by atoms with Crippen molar-refractivity contribution in [1.82, 2.24) is 4.98 Å². The molecule has 0 bridgehead atoms. The second-order valence-corrected chi connectivity index (χ2v) is 4.24. The number of rotatable bonds is 5. The van der Waals surface area contributed by atoms with Gasteiger partial charge in [-0.05, 0) is 0 Å². The Morgan fingerprint density at radius 2 is 2.33 bits per heavy atom. The Bertz CT molecular complexity index is 568. The number of hydrogen-bond acceptors (Lipinski definition) is 6. The van der Waals surface area contributed by atoms with Crippen LogP contribution in [0.3, 0.4) is 0 Å². The number of ketones is 1. The molecule has 0 atom stereocenters. The second kappa shape index (κ2) is 5.46. The number of hydrogen-bond donors (Lipinski definition) is 0. The Hall–Kier alpha value is -2.15. The number of Topliss-reactive ketones (excluding diaryl/α,β-unsaturated/α-hetero) is 1. The molecule has 92 valence electrons. The highest BCUT2D eigenvalue weighted by atomic mass is 32.2. The van der Waals surface area contributed by atoms with Crippen molar-refractivity contribution in [1.29, 1.82) is 0 Å². The van der Waals surface area contributed by atoms with Gasteiger partial charge in [0, 0.05) is 17.7 Å². The van der Waals surface area contributed by atoms with E-state index in [-0.39, 0.29) is 17.2 Å². The first-order valence-corrected chi connectivity index (χ1v) is 5.95. The van der Waals surface area contributed by atoms with E-state index in [2.05, 4.69) is 4.98 Å². The second-order valence-electron chi connectivity index (χ2n) is 3.32. The number of nitro groups is 1. The summed E-state index contributed by atoms with van der Waals surface area (Å²) in [5.74, 6) is -0.0799. The summed E-state index contributed by atoms with van der Waals surface area (Å²) in [6.45, 7) is 0. The molecule has 0 saturated heterocycles. The third kappa shape index (κ3) is 2.95. The molecule has 0 spiro atoms. The van der Waals surface area contributed by atoms with Crippen molar-refractivity contribution >= 4 is 23.2 Å². The topological polar surface area (TPSA) is 86.2 Å². The van der Waals surface area contributed by atoms with Gasteiger partial charge in [-0.25, -0.2) is 4.98 Å². The number of non-ortho nitro benzene ring substituents is 1. The number of carbonyl (C=O) groups excluding carboxylic acids is 1. The van der Waals surface area contributed by atoms with Gasteiger partial charge in [0.15, 0.2) is 5.78 Å². The average Bonchev–Trinajstić information content (AvgIpc) is 2.89. The third-order valence-corrected chi connectivity index (χ3v) is 2.97. The van der Waals surface area contributed by atoms with Crippen LogP contribution in [-0.2, 0) is 0 Å². The van der Waals surface area contributed by atoms with E-state index in [9.17, 15) is 14.9 Å². The van der Waals surface area contributed by atoms with Crippen LogP contribution < -0.4 is 0 Å². The summed E-state index contributed by atoms with van der Waals surface area (Å²) in [5, 5.41) is 11.0. The molecule has 1 aromatic carbocycles. The molecule has 0 saturated carbocycles. The fourth-order valence-corrected chi connectivity index (χ4v) is 1.97. The monoisotopic (exact) mass is 264 g/mol. The first-order chi connectivity index (χ1) is 8.66. The molecule has 0 unspecified atom stereocenters. The molecule has 0 fully saturated rings. The minimum Gasteiger partial charge on any atom is -0.440 e. The van der Waals surface area contributed by atoms with Crippen LogP contribution in [0.1, 0.15) is 10.4 Å². The van der Waals surface area contributed by atoms with Crippen LogP contribution in [0.2, 0.25) is 0 Å². The Kier molecular flexibility index (Phi) is 3.73. The molecule has 18 heavy (non-hydrogen) atoms. The van der Waals surface area contributed by atoms with Crippen LogP contribution in [0.25, 0.3) is 0 Å². The van der Waals surface area contributed by atoms with E-state index in [0.29, 0.717) is 10.8 Å². The minimum atomic E-state index is -0.530. The molecule has 1 aromatic heterocycles. The first kappa shape index (κ1) is 12.3. The van der Waals surface area contributed by atoms with Crippen molar-refractivity contribution in [3.05, 3.63) is 52.4 Å². The van der Waals surface area contributed by atoms with Gasteiger partial charge in [0.1, 0.15) is 6.26 Å². The van der Waals surface area contributed by atoms with E-state index in [1.165, 1.54) is 30.7 Å². The predicted octanol–water partition coefficient (Wildman–Crippen LogP) is 2.56. The van der Waals surface area contributed by atoms with Crippen LogP contribution in [-0.4, -0.2) is 21.4 Å². The van der Waals surface area contributed by atoms with Gasteiger partial charge in [0.25, 0.3) is 10.9 Å². The maximum Gasteiger partial charge on any atom is 0.270 e. The predicted molar refractivity (Wildman–Crippen MR) is 64.7 cm³/mol. The van der Waals surface area contributed by atoms with E-state index in [1.54, 1.807) is 6.07 Å². The Labute approximate surface area is 106 Å². The molecule has 0 N–H and O–H groups in total. The van der Waals surface area contributed by atoms with Gasteiger partial charge in [-0.15, -0.1) is 0 Å². The van der Waals surface area contributed by atoms with Gasteiger partial charge in [-0.1, -0.05) is 23.9 Å². The first-order valence-electron chi connectivity index (χ1n) is 4.97. The Morgan fingerprint density at radius 1 is 1.50 bits per heavy atom. The zero-order valence-corrected chi connectivity index (χ0v) is 9.92. The van der Waals surface area contributed by atoms with Crippen molar-refractivity contribution in [3.8, 4) is 0 Å². The highest BCUT2D eigenvalue weighted by molar-refractivity contribution is 7.99. The molecule has 0 aliphatic heterocycles. The standard InChI is InChI=1S/C11H8N2O4S/c14-10(7-18-11-12-4-5-17-11)8-2-1-3-9(6-8)13(15)16/h1-6H,7H2. The summed E-state index contributed by atoms with van der Waals surface area (Å²) in [4.78, 5) is 25.7. The van der Waals surface area contributed by atoms with Gasteiger partial charge in [-0.3, -0.25) is 14.9 Å². The van der Waals surface area contributed by atoms with E-state index < -0.39 is 4.92 Å². The van der Waals surface area contributed by atoms with Crippen molar-refractivity contribution < 1.29 is 14.1 Å². The Balaban J connectivity index is 2.04. The molecule has 0 amide bonds. The molecular formula is C11H8N2O4S. The molecular weight excluding hydrogens is 256 g/mol. The van der Waals surface area contributed by atoms with Gasteiger partial charge in [-0.2, -0.15) is 0 Å².